The molecule has 19 heavy (non-hydrogen) atoms. The van der Waals surface area contributed by atoms with Crippen LogP contribution >= 0.6 is 0 Å². The van der Waals surface area contributed by atoms with Gasteiger partial charge in [-0.05, 0) is 12.1 Å². The summed E-state index contributed by atoms with van der Waals surface area (Å²) in [5.41, 5.74) is -0.414. The van der Waals surface area contributed by atoms with Gasteiger partial charge in [0.25, 0.3) is 10.0 Å². The molecule has 0 atom stereocenters. The van der Waals surface area contributed by atoms with Crippen molar-refractivity contribution in [3.05, 3.63) is 36.2 Å². The van der Waals surface area contributed by atoms with Crippen LogP contribution in [0.3, 0.4) is 0 Å². The second-order valence-electron chi connectivity index (χ2n) is 3.58. The van der Waals surface area contributed by atoms with E-state index in [1.54, 1.807) is 12.1 Å². The Bertz CT molecular complexity index is 695. The number of nitrogens with zero attached hydrogens (tertiary/aromatic N) is 3. The van der Waals surface area contributed by atoms with Crippen LogP contribution in [-0.2, 0) is 10.0 Å². The molecule has 0 saturated heterocycles. The maximum Gasteiger partial charge on any atom is 0.340 e. The molecule has 0 aromatic carbocycles. The number of H-pyrrole nitrogens is 1. The van der Waals surface area contributed by atoms with Gasteiger partial charge in [0.05, 0.1) is 6.20 Å². The summed E-state index contributed by atoms with van der Waals surface area (Å²) in [6, 6.07) is 4.76. The summed E-state index contributed by atoms with van der Waals surface area (Å²) in [5.74, 6) is -1.20. The highest BCUT2D eigenvalue weighted by Crippen LogP contribution is 2.20. The van der Waals surface area contributed by atoms with Crippen LogP contribution in [0, 0.1) is 0 Å². The first-order valence-electron chi connectivity index (χ1n) is 5.11. The van der Waals surface area contributed by atoms with Crippen LogP contribution < -0.4 is 4.31 Å². The van der Waals surface area contributed by atoms with Gasteiger partial charge in [-0.2, -0.15) is 13.5 Å². The van der Waals surface area contributed by atoms with E-state index in [0.717, 1.165) is 10.5 Å². The van der Waals surface area contributed by atoms with Crippen molar-refractivity contribution in [1.29, 1.82) is 0 Å². The van der Waals surface area contributed by atoms with E-state index in [1.807, 2.05) is 0 Å². The van der Waals surface area contributed by atoms with E-state index >= 15 is 0 Å². The summed E-state index contributed by atoms with van der Waals surface area (Å²) in [6.45, 7) is 0. The number of pyridine rings is 1. The first-order chi connectivity index (χ1) is 8.94. The Morgan fingerprint density at radius 1 is 1.42 bits per heavy atom. The summed E-state index contributed by atoms with van der Waals surface area (Å²) in [5, 5.41) is 14.1. The van der Waals surface area contributed by atoms with Crippen molar-refractivity contribution < 1.29 is 18.3 Å². The number of hydrogen-bond acceptors (Lipinski definition) is 5. The van der Waals surface area contributed by atoms with E-state index < -0.39 is 26.6 Å². The standard InChI is InChI=1S/C10H10N4O4S/c1-14(8-4-2-3-5-11-8)19(17,18)9-7(10(15)16)6-12-13-9/h2-6H,1H3,(H,12,13)(H,15,16). The van der Waals surface area contributed by atoms with E-state index in [1.165, 1.54) is 19.3 Å². The molecule has 0 aliphatic carbocycles. The number of aromatic nitrogens is 3. The number of nitrogens with one attached hydrogen (secondary N) is 1. The first-order valence-corrected chi connectivity index (χ1v) is 6.55. The Hall–Kier alpha value is -2.42. The lowest BCUT2D eigenvalue weighted by atomic mass is 10.4. The lowest BCUT2D eigenvalue weighted by Gasteiger charge is -2.17. The van der Waals surface area contributed by atoms with E-state index in [9.17, 15) is 13.2 Å². The molecule has 0 saturated carbocycles. The van der Waals surface area contributed by atoms with Gasteiger partial charge in [-0.1, -0.05) is 6.07 Å². The Balaban J connectivity index is 2.49. The predicted octanol–water partition coefficient (Wildman–Crippen LogP) is 0.328. The number of aromatic carboxylic acids is 1. The van der Waals surface area contributed by atoms with Gasteiger partial charge >= 0.3 is 5.97 Å². The molecule has 2 aromatic heterocycles. The molecular formula is C10H10N4O4S. The van der Waals surface area contributed by atoms with E-state index in [0.29, 0.717) is 0 Å². The van der Waals surface area contributed by atoms with Crippen molar-refractivity contribution in [3.63, 3.8) is 0 Å². The van der Waals surface area contributed by atoms with Crippen molar-refractivity contribution in [2.45, 2.75) is 5.03 Å². The first kappa shape index (κ1) is 13.0. The molecule has 8 nitrogen and oxygen atoms in total. The number of sulfonamides is 1. The lowest BCUT2D eigenvalue weighted by molar-refractivity contribution is 0.0692. The minimum absolute atomic E-state index is 0.174. The molecule has 0 aliphatic heterocycles. The van der Waals surface area contributed by atoms with Crippen LogP contribution in [0.25, 0.3) is 0 Å². The van der Waals surface area contributed by atoms with Gasteiger partial charge in [0, 0.05) is 13.2 Å². The van der Waals surface area contributed by atoms with Crippen molar-refractivity contribution in [2.75, 3.05) is 11.4 Å². The third-order valence-corrected chi connectivity index (χ3v) is 4.16. The highest BCUT2D eigenvalue weighted by molar-refractivity contribution is 7.92. The number of hydrogen-bond donors (Lipinski definition) is 2. The smallest absolute Gasteiger partial charge is 0.340 e. The molecule has 0 spiro atoms. The molecule has 0 unspecified atom stereocenters. The number of carboxylic acids is 1. The van der Waals surface area contributed by atoms with Gasteiger partial charge in [-0.25, -0.2) is 9.78 Å². The Morgan fingerprint density at radius 3 is 2.74 bits per heavy atom. The van der Waals surface area contributed by atoms with Crippen LogP contribution in [0.2, 0.25) is 0 Å². The summed E-state index contributed by atoms with van der Waals surface area (Å²) < 4.78 is 25.4. The van der Waals surface area contributed by atoms with Gasteiger partial charge in [-0.3, -0.25) is 9.40 Å². The fraction of sp³-hybridized carbons (Fsp3) is 0.100. The molecule has 2 aromatic rings. The molecule has 2 N–H and O–H groups in total. The molecular weight excluding hydrogens is 272 g/mol. The third-order valence-electron chi connectivity index (χ3n) is 2.43. The second kappa shape index (κ2) is 4.69. The van der Waals surface area contributed by atoms with Crippen molar-refractivity contribution >= 4 is 21.8 Å². The molecule has 0 fully saturated rings. The normalized spacial score (nSPS) is 11.2. The number of carbonyl (C=O) groups is 1. The Morgan fingerprint density at radius 2 is 2.16 bits per heavy atom. The van der Waals surface area contributed by atoms with Gasteiger partial charge in [0.15, 0.2) is 5.03 Å². The largest absolute Gasteiger partial charge is 0.478 e. The zero-order valence-corrected chi connectivity index (χ0v) is 10.6. The number of rotatable bonds is 4. The molecule has 100 valence electrons. The Labute approximate surface area is 108 Å². The average molecular weight is 282 g/mol. The lowest BCUT2D eigenvalue weighted by Crippen LogP contribution is -2.28. The summed E-state index contributed by atoms with van der Waals surface area (Å²) in [4.78, 5) is 14.8. The zero-order valence-electron chi connectivity index (χ0n) is 9.81. The monoisotopic (exact) mass is 282 g/mol. The molecule has 0 radical (unpaired) electrons. The SMILES string of the molecule is CN(c1ccccn1)S(=O)(=O)c1[nH]ncc1C(=O)O. The summed E-state index contributed by atoms with van der Waals surface area (Å²) in [6.07, 6.45) is 2.38. The van der Waals surface area contributed by atoms with E-state index in [-0.39, 0.29) is 5.82 Å². The van der Waals surface area contributed by atoms with Gasteiger partial charge in [0.1, 0.15) is 11.4 Å². The highest BCUT2D eigenvalue weighted by atomic mass is 32.2. The minimum Gasteiger partial charge on any atom is -0.478 e. The number of aromatic amines is 1. The Kier molecular flexibility index (Phi) is 3.21. The van der Waals surface area contributed by atoms with E-state index in [2.05, 4.69) is 15.2 Å². The molecule has 0 bridgehead atoms. The molecule has 0 aliphatic rings. The minimum atomic E-state index is -4.05. The average Bonchev–Trinajstić information content (AvgIpc) is 2.89. The van der Waals surface area contributed by atoms with Gasteiger partial charge < -0.3 is 5.11 Å². The molecule has 2 heterocycles. The predicted molar refractivity (Wildman–Crippen MR) is 65.4 cm³/mol. The van der Waals surface area contributed by atoms with Crippen LogP contribution in [0.1, 0.15) is 10.4 Å². The molecule has 2 rings (SSSR count). The van der Waals surface area contributed by atoms with Crippen LogP contribution in [0.4, 0.5) is 5.82 Å². The maximum absolute atomic E-state index is 12.3. The van der Waals surface area contributed by atoms with Crippen LogP contribution in [0.15, 0.2) is 35.6 Å². The molecule has 0 amide bonds. The van der Waals surface area contributed by atoms with Crippen LogP contribution in [0.5, 0.6) is 0 Å². The van der Waals surface area contributed by atoms with Crippen LogP contribution in [-0.4, -0.2) is 41.7 Å². The highest BCUT2D eigenvalue weighted by Gasteiger charge is 2.29. The maximum atomic E-state index is 12.3. The van der Waals surface area contributed by atoms with Gasteiger partial charge in [-0.15, -0.1) is 0 Å². The number of carboxylic acid groups (broad SMARTS) is 1. The van der Waals surface area contributed by atoms with Gasteiger partial charge in [0.2, 0.25) is 0 Å². The zero-order chi connectivity index (χ0) is 14.0. The van der Waals surface area contributed by atoms with Crippen molar-refractivity contribution in [3.8, 4) is 0 Å². The fourth-order valence-electron chi connectivity index (χ4n) is 1.42. The summed E-state index contributed by atoms with van der Waals surface area (Å²) >= 11 is 0. The topological polar surface area (TPSA) is 116 Å². The molecule has 9 heteroatoms. The number of anilines is 1. The third kappa shape index (κ3) is 2.27. The fourth-order valence-corrected chi connectivity index (χ4v) is 2.64. The summed E-state index contributed by atoms with van der Waals surface area (Å²) in [7, 11) is -2.77. The quantitative estimate of drug-likeness (QED) is 0.834. The second-order valence-corrected chi connectivity index (χ2v) is 5.48. The van der Waals surface area contributed by atoms with Crippen molar-refractivity contribution in [2.24, 2.45) is 0 Å². The van der Waals surface area contributed by atoms with Crippen molar-refractivity contribution in [1.82, 2.24) is 15.2 Å². The van der Waals surface area contributed by atoms with E-state index in [4.69, 9.17) is 5.11 Å².